The molecule has 0 saturated heterocycles. The molecule has 0 atom stereocenters. The van der Waals surface area contributed by atoms with Crippen molar-refractivity contribution in [2.45, 2.75) is 0 Å². The number of furan rings is 1. The van der Waals surface area contributed by atoms with Crippen LogP contribution in [0.2, 0.25) is 0 Å². The Bertz CT molecular complexity index is 593. The molecule has 92 valence electrons. The van der Waals surface area contributed by atoms with Crippen molar-refractivity contribution in [2.75, 3.05) is 5.32 Å². The Hall–Kier alpha value is -1.97. The summed E-state index contributed by atoms with van der Waals surface area (Å²) in [5.74, 6) is -0.853. The summed E-state index contributed by atoms with van der Waals surface area (Å²) in [6.45, 7) is 0. The molecule has 0 spiro atoms. The summed E-state index contributed by atoms with van der Waals surface area (Å²) in [5.41, 5.74) is 0. The fraction of sp³-hybridized carbons (Fsp3) is 0. The van der Waals surface area contributed by atoms with Crippen LogP contribution in [0.5, 0.6) is 0 Å². The third kappa shape index (κ3) is 2.83. The van der Waals surface area contributed by atoms with Gasteiger partial charge in [-0.3, -0.25) is 14.9 Å². The Morgan fingerprint density at radius 1 is 1.39 bits per heavy atom. The molecule has 2 heterocycles. The Morgan fingerprint density at radius 2 is 2.17 bits per heavy atom. The number of pyridine rings is 1. The van der Waals surface area contributed by atoms with Gasteiger partial charge in [0.25, 0.3) is 5.91 Å². The number of nitrogens with zero attached hydrogens (tertiary/aromatic N) is 2. The SMILES string of the molecule is O=C(Nc1ccc(I)cn1)c1ccc([N+](=O)[O-])o1. The number of rotatable bonds is 3. The lowest BCUT2D eigenvalue weighted by atomic mass is 10.4. The normalized spacial score (nSPS) is 10.1. The number of nitrogens with one attached hydrogen (secondary N) is 1. The van der Waals surface area contributed by atoms with Gasteiger partial charge in [0.1, 0.15) is 10.7 Å². The molecule has 18 heavy (non-hydrogen) atoms. The first-order valence-corrected chi connectivity index (χ1v) is 5.81. The number of hydrogen-bond donors (Lipinski definition) is 1. The van der Waals surface area contributed by atoms with E-state index in [4.69, 9.17) is 4.42 Å². The summed E-state index contributed by atoms with van der Waals surface area (Å²) >= 11 is 2.08. The number of carbonyl (C=O) groups is 1. The van der Waals surface area contributed by atoms with Gasteiger partial charge >= 0.3 is 5.88 Å². The lowest BCUT2D eigenvalue weighted by molar-refractivity contribution is -0.402. The second-order valence-electron chi connectivity index (χ2n) is 3.21. The van der Waals surface area contributed by atoms with Crippen LogP contribution in [0.25, 0.3) is 0 Å². The van der Waals surface area contributed by atoms with Crippen LogP contribution in [0.1, 0.15) is 10.6 Å². The number of aromatic nitrogens is 1. The van der Waals surface area contributed by atoms with Crippen LogP contribution < -0.4 is 5.32 Å². The van der Waals surface area contributed by atoms with Crippen molar-refractivity contribution in [2.24, 2.45) is 0 Å². The van der Waals surface area contributed by atoms with Crippen LogP contribution in [-0.2, 0) is 0 Å². The highest BCUT2D eigenvalue weighted by Crippen LogP contribution is 2.16. The smallest absolute Gasteiger partial charge is 0.395 e. The third-order valence-corrected chi connectivity index (χ3v) is 2.60. The first-order chi connectivity index (χ1) is 8.56. The predicted octanol–water partition coefficient (Wildman–Crippen LogP) is 2.44. The van der Waals surface area contributed by atoms with E-state index >= 15 is 0 Å². The molecule has 0 aromatic carbocycles. The molecule has 0 radical (unpaired) electrons. The molecule has 7 nitrogen and oxygen atoms in total. The van der Waals surface area contributed by atoms with Crippen molar-refractivity contribution in [3.8, 4) is 0 Å². The van der Waals surface area contributed by atoms with Crippen LogP contribution in [0.4, 0.5) is 11.7 Å². The highest BCUT2D eigenvalue weighted by atomic mass is 127. The topological polar surface area (TPSA) is 98.3 Å². The zero-order valence-electron chi connectivity index (χ0n) is 8.79. The van der Waals surface area contributed by atoms with E-state index in [0.717, 1.165) is 9.64 Å². The molecule has 0 bridgehead atoms. The first-order valence-electron chi connectivity index (χ1n) is 4.73. The fourth-order valence-electron chi connectivity index (χ4n) is 1.18. The Kier molecular flexibility index (Phi) is 3.55. The van der Waals surface area contributed by atoms with Crippen LogP contribution in [-0.4, -0.2) is 15.8 Å². The maximum atomic E-state index is 11.7. The van der Waals surface area contributed by atoms with Gasteiger partial charge in [0.15, 0.2) is 5.76 Å². The highest BCUT2D eigenvalue weighted by Gasteiger charge is 2.17. The van der Waals surface area contributed by atoms with E-state index in [0.29, 0.717) is 5.82 Å². The second-order valence-corrected chi connectivity index (χ2v) is 4.46. The molecular weight excluding hydrogens is 353 g/mol. The number of amides is 1. The minimum atomic E-state index is -0.708. The zero-order valence-corrected chi connectivity index (χ0v) is 10.9. The second kappa shape index (κ2) is 5.12. The molecule has 0 aliphatic carbocycles. The summed E-state index contributed by atoms with van der Waals surface area (Å²) < 4.78 is 5.69. The standard InChI is InChI=1S/C10H6IN3O4/c11-6-1-3-8(12-5-6)13-10(15)7-2-4-9(18-7)14(16)17/h1-5H,(H,12,13,15). The average molecular weight is 359 g/mol. The minimum Gasteiger partial charge on any atom is -0.395 e. The molecular formula is C10H6IN3O4. The highest BCUT2D eigenvalue weighted by molar-refractivity contribution is 14.1. The molecule has 1 amide bonds. The molecule has 0 saturated carbocycles. The minimum absolute atomic E-state index is 0.137. The molecule has 0 aliphatic rings. The van der Waals surface area contributed by atoms with E-state index in [1.807, 2.05) is 0 Å². The van der Waals surface area contributed by atoms with Crippen LogP contribution in [0.15, 0.2) is 34.9 Å². The van der Waals surface area contributed by atoms with Gasteiger partial charge in [-0.1, -0.05) is 0 Å². The largest absolute Gasteiger partial charge is 0.433 e. The van der Waals surface area contributed by atoms with Gasteiger partial charge < -0.3 is 9.73 Å². The van der Waals surface area contributed by atoms with Crippen molar-refractivity contribution >= 4 is 40.2 Å². The molecule has 2 aromatic heterocycles. The molecule has 1 N–H and O–H groups in total. The van der Waals surface area contributed by atoms with Gasteiger partial charge in [-0.05, 0) is 40.8 Å². The van der Waals surface area contributed by atoms with Gasteiger partial charge in [0.05, 0.1) is 6.07 Å². The maximum absolute atomic E-state index is 11.7. The summed E-state index contributed by atoms with van der Waals surface area (Å²) in [5, 5.41) is 12.9. The van der Waals surface area contributed by atoms with E-state index in [1.165, 1.54) is 6.07 Å². The van der Waals surface area contributed by atoms with Crippen molar-refractivity contribution in [3.63, 3.8) is 0 Å². The van der Waals surface area contributed by atoms with Crippen molar-refractivity contribution < 1.29 is 14.1 Å². The molecule has 0 fully saturated rings. The van der Waals surface area contributed by atoms with Crippen molar-refractivity contribution in [3.05, 3.63) is 49.9 Å². The number of carbonyl (C=O) groups excluding carboxylic acids is 1. The Labute approximate surface area is 114 Å². The average Bonchev–Trinajstić information content (AvgIpc) is 2.81. The molecule has 2 rings (SSSR count). The lowest BCUT2D eigenvalue weighted by Gasteiger charge is -2.01. The zero-order chi connectivity index (χ0) is 13.1. The number of halogens is 1. The van der Waals surface area contributed by atoms with E-state index in [2.05, 4.69) is 32.9 Å². The molecule has 0 unspecified atom stereocenters. The van der Waals surface area contributed by atoms with E-state index in [9.17, 15) is 14.9 Å². The summed E-state index contributed by atoms with van der Waals surface area (Å²) in [7, 11) is 0. The first kappa shape index (κ1) is 12.5. The Balaban J connectivity index is 2.11. The van der Waals surface area contributed by atoms with Gasteiger partial charge in [0, 0.05) is 9.77 Å². The van der Waals surface area contributed by atoms with Gasteiger partial charge in [0.2, 0.25) is 0 Å². The fourth-order valence-corrected chi connectivity index (χ4v) is 1.49. The van der Waals surface area contributed by atoms with E-state index < -0.39 is 16.7 Å². The van der Waals surface area contributed by atoms with Crippen LogP contribution >= 0.6 is 22.6 Å². The summed E-state index contributed by atoms with van der Waals surface area (Å²) in [4.78, 5) is 25.3. The predicted molar refractivity (Wildman–Crippen MR) is 70.3 cm³/mol. The van der Waals surface area contributed by atoms with Crippen LogP contribution in [0.3, 0.4) is 0 Å². The Morgan fingerprint density at radius 3 is 2.72 bits per heavy atom. The van der Waals surface area contributed by atoms with Crippen molar-refractivity contribution in [1.29, 1.82) is 0 Å². The lowest BCUT2D eigenvalue weighted by Crippen LogP contribution is -2.11. The number of nitro groups is 1. The molecule has 2 aromatic rings. The monoisotopic (exact) mass is 359 g/mol. The number of hydrogen-bond acceptors (Lipinski definition) is 5. The number of anilines is 1. The van der Waals surface area contributed by atoms with Gasteiger partial charge in [-0.15, -0.1) is 0 Å². The third-order valence-electron chi connectivity index (χ3n) is 1.96. The van der Waals surface area contributed by atoms with Gasteiger partial charge in [-0.2, -0.15) is 0 Å². The molecule has 8 heteroatoms. The van der Waals surface area contributed by atoms with E-state index in [1.54, 1.807) is 18.3 Å². The maximum Gasteiger partial charge on any atom is 0.433 e. The quantitative estimate of drug-likeness (QED) is 0.516. The summed E-state index contributed by atoms with van der Waals surface area (Å²) in [6.07, 6.45) is 1.58. The summed E-state index contributed by atoms with van der Waals surface area (Å²) in [6, 6.07) is 5.75. The van der Waals surface area contributed by atoms with Gasteiger partial charge in [-0.25, -0.2) is 4.98 Å². The van der Waals surface area contributed by atoms with Crippen LogP contribution in [0, 0.1) is 13.7 Å². The van der Waals surface area contributed by atoms with Crippen molar-refractivity contribution in [1.82, 2.24) is 4.98 Å². The molecule has 0 aliphatic heterocycles. The van der Waals surface area contributed by atoms with E-state index in [-0.39, 0.29) is 5.76 Å².